The molecule has 9 aromatic rings. The van der Waals surface area contributed by atoms with Crippen molar-refractivity contribution in [3.05, 3.63) is 203 Å². The van der Waals surface area contributed by atoms with Gasteiger partial charge in [0.15, 0.2) is 5.82 Å². The van der Waals surface area contributed by atoms with Gasteiger partial charge in [0, 0.05) is 36.9 Å². The van der Waals surface area contributed by atoms with Crippen LogP contribution in [0, 0.1) is 0 Å². The standard InChI is InChI=1S/C55H46N2S/c1-53(2,3)37-19-14-21-39(32-37)55(40-22-15-20-38(33-40)54(4,5)6)46-27-12-10-23-41(46)42-30-29-36(31-47(42)55)48-34-49(57-52(56-48)35-17-8-7-9-18-35)45-26-16-25-44-43-24-11-13-28-50(43)58-51(44)45/h7-34H,1-6H3. The lowest BCUT2D eigenvalue weighted by Gasteiger charge is -2.36. The molecule has 282 valence electrons. The Kier molecular flexibility index (Phi) is 8.40. The minimum Gasteiger partial charge on any atom is -0.228 e. The first-order chi connectivity index (χ1) is 28.0. The van der Waals surface area contributed by atoms with Crippen molar-refractivity contribution in [2.24, 2.45) is 0 Å². The second-order valence-corrected chi connectivity index (χ2v) is 18.9. The summed E-state index contributed by atoms with van der Waals surface area (Å²) in [5.41, 5.74) is 14.7. The van der Waals surface area contributed by atoms with Crippen LogP contribution in [0.3, 0.4) is 0 Å². The minimum absolute atomic E-state index is 0.0181. The molecule has 0 spiro atoms. The molecule has 1 aliphatic carbocycles. The van der Waals surface area contributed by atoms with Crippen molar-refractivity contribution in [3.63, 3.8) is 0 Å². The molecule has 0 fully saturated rings. The first-order valence-corrected chi connectivity index (χ1v) is 21.1. The molecule has 0 saturated carbocycles. The minimum atomic E-state index is -0.564. The van der Waals surface area contributed by atoms with Crippen LogP contribution in [-0.2, 0) is 16.2 Å². The summed E-state index contributed by atoms with van der Waals surface area (Å²) >= 11 is 1.84. The Morgan fingerprint density at radius 2 is 1.02 bits per heavy atom. The fourth-order valence-electron chi connectivity index (χ4n) is 9.06. The Labute approximate surface area is 345 Å². The summed E-state index contributed by atoms with van der Waals surface area (Å²) in [4.78, 5) is 10.7. The molecule has 0 saturated heterocycles. The molecule has 0 aliphatic heterocycles. The molecule has 0 amide bonds. The van der Waals surface area contributed by atoms with E-state index in [4.69, 9.17) is 9.97 Å². The maximum absolute atomic E-state index is 5.38. The number of aromatic nitrogens is 2. The van der Waals surface area contributed by atoms with Crippen molar-refractivity contribution in [1.29, 1.82) is 0 Å². The average Bonchev–Trinajstić information content (AvgIpc) is 3.77. The fraction of sp³-hybridized carbons (Fsp3) is 0.164. The van der Waals surface area contributed by atoms with Crippen LogP contribution >= 0.6 is 11.3 Å². The van der Waals surface area contributed by atoms with Gasteiger partial charge in [0.25, 0.3) is 0 Å². The highest BCUT2D eigenvalue weighted by Gasteiger charge is 2.47. The molecule has 0 bridgehead atoms. The van der Waals surface area contributed by atoms with E-state index >= 15 is 0 Å². The van der Waals surface area contributed by atoms with Crippen LogP contribution in [0.1, 0.15) is 74.9 Å². The number of hydrogen-bond donors (Lipinski definition) is 0. The lowest BCUT2D eigenvalue weighted by molar-refractivity contribution is 0.585. The Hall–Kier alpha value is -6.16. The zero-order valence-electron chi connectivity index (χ0n) is 34.0. The van der Waals surface area contributed by atoms with Crippen LogP contribution in [0.2, 0.25) is 0 Å². The molecule has 10 rings (SSSR count). The normalized spacial score (nSPS) is 13.5. The van der Waals surface area contributed by atoms with Gasteiger partial charge in [0.05, 0.1) is 16.8 Å². The zero-order chi connectivity index (χ0) is 39.8. The lowest BCUT2D eigenvalue weighted by Crippen LogP contribution is -2.30. The highest BCUT2D eigenvalue weighted by Crippen LogP contribution is 2.57. The van der Waals surface area contributed by atoms with Crippen molar-refractivity contribution in [2.75, 3.05) is 0 Å². The second-order valence-electron chi connectivity index (χ2n) is 17.8. The summed E-state index contributed by atoms with van der Waals surface area (Å²) in [6.45, 7) is 13.9. The number of benzene rings is 7. The first-order valence-electron chi connectivity index (χ1n) is 20.3. The van der Waals surface area contributed by atoms with E-state index in [1.54, 1.807) is 0 Å². The lowest BCUT2D eigenvalue weighted by atomic mass is 9.66. The van der Waals surface area contributed by atoms with Crippen LogP contribution in [0.15, 0.2) is 170 Å². The quantitative estimate of drug-likeness (QED) is 0.174. The Morgan fingerprint density at radius 3 is 1.74 bits per heavy atom. The molecule has 58 heavy (non-hydrogen) atoms. The van der Waals surface area contributed by atoms with Gasteiger partial charge in [-0.3, -0.25) is 0 Å². The maximum atomic E-state index is 5.38. The molecule has 2 nitrogen and oxygen atoms in total. The highest BCUT2D eigenvalue weighted by molar-refractivity contribution is 7.26. The molecule has 3 heteroatoms. The third kappa shape index (κ3) is 5.83. The number of nitrogens with zero attached hydrogens (tertiary/aromatic N) is 2. The SMILES string of the molecule is CC(C)(C)c1cccc(C2(c3cccc(C(C)(C)C)c3)c3ccccc3-c3ccc(-c4cc(-c5cccc6c5sc5ccccc56)nc(-c5ccccc5)n4)cc32)c1. The largest absolute Gasteiger partial charge is 0.228 e. The molecule has 1 aliphatic rings. The van der Waals surface area contributed by atoms with Gasteiger partial charge >= 0.3 is 0 Å². The van der Waals surface area contributed by atoms with E-state index in [0.717, 1.165) is 33.9 Å². The molecule has 2 heterocycles. The van der Waals surface area contributed by atoms with Crippen molar-refractivity contribution >= 4 is 31.5 Å². The predicted octanol–water partition coefficient (Wildman–Crippen LogP) is 14.8. The van der Waals surface area contributed by atoms with Crippen LogP contribution in [0.25, 0.3) is 65.2 Å². The topological polar surface area (TPSA) is 25.8 Å². The highest BCUT2D eigenvalue weighted by atomic mass is 32.1. The number of thiophene rings is 1. The summed E-state index contributed by atoms with van der Waals surface area (Å²) < 4.78 is 2.52. The molecule has 0 N–H and O–H groups in total. The maximum Gasteiger partial charge on any atom is 0.160 e. The second kappa shape index (κ2) is 13.5. The third-order valence-electron chi connectivity index (χ3n) is 12.1. The van der Waals surface area contributed by atoms with E-state index in [0.29, 0.717) is 0 Å². The summed E-state index contributed by atoms with van der Waals surface area (Å²) in [5.74, 6) is 0.719. The molecule has 0 radical (unpaired) electrons. The summed E-state index contributed by atoms with van der Waals surface area (Å²) in [6.07, 6.45) is 0. The molecule has 7 aromatic carbocycles. The van der Waals surface area contributed by atoms with E-state index in [1.165, 1.54) is 64.7 Å². The van der Waals surface area contributed by atoms with Gasteiger partial charge < -0.3 is 0 Å². The molecule has 2 aromatic heterocycles. The van der Waals surface area contributed by atoms with Gasteiger partial charge in [-0.25, -0.2) is 9.97 Å². The van der Waals surface area contributed by atoms with Gasteiger partial charge in [0.1, 0.15) is 0 Å². The smallest absolute Gasteiger partial charge is 0.160 e. The van der Waals surface area contributed by atoms with Crippen molar-refractivity contribution in [3.8, 4) is 45.0 Å². The number of hydrogen-bond acceptors (Lipinski definition) is 3. The zero-order valence-corrected chi connectivity index (χ0v) is 34.8. The van der Waals surface area contributed by atoms with E-state index < -0.39 is 5.41 Å². The molecular weight excluding hydrogens is 721 g/mol. The average molecular weight is 767 g/mol. The van der Waals surface area contributed by atoms with Gasteiger partial charge in [-0.05, 0) is 73.5 Å². The third-order valence-corrected chi connectivity index (χ3v) is 13.3. The van der Waals surface area contributed by atoms with Crippen LogP contribution in [0.5, 0.6) is 0 Å². The van der Waals surface area contributed by atoms with Gasteiger partial charge in [-0.1, -0.05) is 193 Å². The summed E-state index contributed by atoms with van der Waals surface area (Å²) in [6, 6.07) is 62.7. The molecule has 0 unspecified atom stereocenters. The van der Waals surface area contributed by atoms with Crippen LogP contribution in [0.4, 0.5) is 0 Å². The summed E-state index contributed by atoms with van der Waals surface area (Å²) in [5, 5.41) is 2.54. The molecular formula is C55H46N2S. The molecule has 0 atom stereocenters. The Bertz CT molecular complexity index is 2970. The van der Waals surface area contributed by atoms with Gasteiger partial charge in [-0.2, -0.15) is 0 Å². The monoisotopic (exact) mass is 766 g/mol. The van der Waals surface area contributed by atoms with Crippen molar-refractivity contribution in [1.82, 2.24) is 9.97 Å². The summed E-state index contributed by atoms with van der Waals surface area (Å²) in [7, 11) is 0. The van der Waals surface area contributed by atoms with Crippen molar-refractivity contribution < 1.29 is 0 Å². The fourth-order valence-corrected chi connectivity index (χ4v) is 10.3. The van der Waals surface area contributed by atoms with Gasteiger partial charge in [0.2, 0.25) is 0 Å². The number of fused-ring (bicyclic) bond motifs is 6. The van der Waals surface area contributed by atoms with Crippen LogP contribution in [-0.4, -0.2) is 9.97 Å². The first kappa shape index (κ1) is 36.2. The van der Waals surface area contributed by atoms with Crippen molar-refractivity contribution in [2.45, 2.75) is 57.8 Å². The Balaban J connectivity index is 1.26. The van der Waals surface area contributed by atoms with Crippen LogP contribution < -0.4 is 0 Å². The predicted molar refractivity (Wildman–Crippen MR) is 246 cm³/mol. The van der Waals surface area contributed by atoms with Gasteiger partial charge in [-0.15, -0.1) is 11.3 Å². The number of rotatable bonds is 5. The Morgan fingerprint density at radius 1 is 0.431 bits per heavy atom. The van der Waals surface area contributed by atoms with E-state index in [9.17, 15) is 0 Å². The van der Waals surface area contributed by atoms with E-state index in [2.05, 4.69) is 205 Å². The van der Waals surface area contributed by atoms with E-state index in [1.807, 2.05) is 17.4 Å². The van der Waals surface area contributed by atoms with E-state index in [-0.39, 0.29) is 10.8 Å².